The number of sulfonamides is 1. The third-order valence-corrected chi connectivity index (χ3v) is 6.56. The molecule has 0 fully saturated rings. The molecule has 34 heavy (non-hydrogen) atoms. The first-order valence-corrected chi connectivity index (χ1v) is 13.1. The number of rotatable bonds is 11. The Labute approximate surface area is 216 Å². The van der Waals surface area contributed by atoms with Crippen molar-refractivity contribution in [1.82, 2.24) is 5.32 Å². The predicted molar refractivity (Wildman–Crippen MR) is 141 cm³/mol. The van der Waals surface area contributed by atoms with Crippen LogP contribution < -0.4 is 19.9 Å². The van der Waals surface area contributed by atoms with Crippen molar-refractivity contribution in [3.8, 4) is 11.5 Å². The summed E-state index contributed by atoms with van der Waals surface area (Å²) in [5.74, 6) is 1.39. The second-order valence-corrected chi connectivity index (χ2v) is 10.1. The second-order valence-electron chi connectivity index (χ2n) is 7.73. The lowest BCUT2D eigenvalue weighted by molar-refractivity contribution is 0.267. The Bertz CT molecular complexity index is 1170. The number of aryl methyl sites for hydroxylation is 1. The second kappa shape index (κ2) is 13.1. The quantitative estimate of drug-likeness (QED) is 0.312. The molecule has 0 unspecified atom stereocenters. The lowest BCUT2D eigenvalue weighted by Crippen LogP contribution is -2.17. The minimum Gasteiger partial charge on any atom is -0.490 e. The van der Waals surface area contributed by atoms with Crippen LogP contribution in [-0.2, 0) is 29.6 Å². The molecule has 3 rings (SSSR count). The molecule has 0 amide bonds. The van der Waals surface area contributed by atoms with E-state index >= 15 is 0 Å². The van der Waals surface area contributed by atoms with E-state index in [0.717, 1.165) is 34.1 Å². The van der Waals surface area contributed by atoms with Crippen molar-refractivity contribution in [1.29, 1.82) is 0 Å². The Hall–Kier alpha value is -2.10. The topological polar surface area (TPSA) is 90.6 Å². The zero-order valence-electron chi connectivity index (χ0n) is 19.2. The summed E-state index contributed by atoms with van der Waals surface area (Å²) in [7, 11) is -3.66. The Balaban J connectivity index is 0.00000408. The van der Waals surface area contributed by atoms with Gasteiger partial charge in [-0.2, -0.15) is 0 Å². The molecule has 6 nitrogen and oxygen atoms in total. The molecular formula is C25H30BrClN2O4S. The number of benzene rings is 3. The van der Waals surface area contributed by atoms with Crippen molar-refractivity contribution in [2.45, 2.75) is 38.3 Å². The minimum absolute atomic E-state index is 0. The molecule has 0 aromatic heterocycles. The van der Waals surface area contributed by atoms with Crippen molar-refractivity contribution in [3.05, 3.63) is 87.4 Å². The van der Waals surface area contributed by atoms with Crippen LogP contribution in [0, 0.1) is 6.92 Å². The minimum atomic E-state index is -3.66. The molecule has 3 N–H and O–H groups in total. The van der Waals surface area contributed by atoms with E-state index in [9.17, 15) is 8.42 Å². The SMILES string of the molecule is CCOc1cc(CNCCc2ccc(S(N)(=O)=O)cc2)cc(Br)c1OCc1ccc(C)cc1.Cl. The molecule has 0 radical (unpaired) electrons. The van der Waals surface area contributed by atoms with Crippen molar-refractivity contribution in [2.24, 2.45) is 5.14 Å². The monoisotopic (exact) mass is 568 g/mol. The number of hydrogen-bond acceptors (Lipinski definition) is 5. The molecule has 9 heteroatoms. The molecule has 0 aliphatic carbocycles. The molecular weight excluding hydrogens is 540 g/mol. The Morgan fingerprint density at radius 2 is 1.59 bits per heavy atom. The molecule has 0 saturated carbocycles. The van der Waals surface area contributed by atoms with E-state index < -0.39 is 10.0 Å². The third kappa shape index (κ3) is 8.29. The molecule has 3 aromatic carbocycles. The predicted octanol–water partition coefficient (Wildman–Crippen LogP) is 5.14. The van der Waals surface area contributed by atoms with Gasteiger partial charge >= 0.3 is 0 Å². The summed E-state index contributed by atoms with van der Waals surface area (Å²) in [5.41, 5.74) is 4.41. The van der Waals surface area contributed by atoms with Gasteiger partial charge in [-0.1, -0.05) is 42.0 Å². The number of nitrogens with two attached hydrogens (primary N) is 1. The van der Waals surface area contributed by atoms with Gasteiger partial charge in [-0.15, -0.1) is 12.4 Å². The highest BCUT2D eigenvalue weighted by molar-refractivity contribution is 9.10. The van der Waals surface area contributed by atoms with Gasteiger partial charge in [0.05, 0.1) is 16.0 Å². The Kier molecular flexibility index (Phi) is 10.9. The van der Waals surface area contributed by atoms with Gasteiger partial charge in [0.2, 0.25) is 10.0 Å². The van der Waals surface area contributed by atoms with Crippen LogP contribution >= 0.6 is 28.3 Å². The molecule has 0 heterocycles. The number of ether oxygens (including phenoxy) is 2. The fraction of sp³-hybridized carbons (Fsp3) is 0.280. The normalized spacial score (nSPS) is 11.1. The van der Waals surface area contributed by atoms with Crippen molar-refractivity contribution in [2.75, 3.05) is 13.2 Å². The van der Waals surface area contributed by atoms with Crippen LogP contribution in [0.15, 0.2) is 70.0 Å². The average molecular weight is 570 g/mol. The first-order valence-electron chi connectivity index (χ1n) is 10.7. The zero-order chi connectivity index (χ0) is 23.8. The molecule has 0 saturated heterocycles. The average Bonchev–Trinajstić information content (AvgIpc) is 2.77. The zero-order valence-corrected chi connectivity index (χ0v) is 22.4. The van der Waals surface area contributed by atoms with Crippen LogP contribution in [-0.4, -0.2) is 21.6 Å². The van der Waals surface area contributed by atoms with Crippen LogP contribution in [0.5, 0.6) is 11.5 Å². The van der Waals surface area contributed by atoms with Gasteiger partial charge in [0.15, 0.2) is 11.5 Å². The highest BCUT2D eigenvalue weighted by Crippen LogP contribution is 2.37. The molecule has 0 bridgehead atoms. The molecule has 0 spiro atoms. The summed E-state index contributed by atoms with van der Waals surface area (Å²) in [6, 6.07) is 18.9. The first kappa shape index (κ1) is 28.1. The van der Waals surface area contributed by atoms with Crippen molar-refractivity contribution in [3.63, 3.8) is 0 Å². The Morgan fingerprint density at radius 1 is 0.941 bits per heavy atom. The third-order valence-electron chi connectivity index (χ3n) is 5.04. The van der Waals surface area contributed by atoms with Crippen molar-refractivity contribution < 1.29 is 17.9 Å². The van der Waals surface area contributed by atoms with Crippen LogP contribution in [0.3, 0.4) is 0 Å². The van der Waals surface area contributed by atoms with Gasteiger partial charge in [-0.05, 0) is 83.7 Å². The summed E-state index contributed by atoms with van der Waals surface area (Å²) in [6.45, 7) is 6.41. The smallest absolute Gasteiger partial charge is 0.238 e. The van der Waals surface area contributed by atoms with E-state index in [0.29, 0.717) is 31.3 Å². The van der Waals surface area contributed by atoms with E-state index in [1.54, 1.807) is 12.1 Å². The lowest BCUT2D eigenvalue weighted by atomic mass is 10.1. The highest BCUT2D eigenvalue weighted by atomic mass is 79.9. The van der Waals surface area contributed by atoms with Gasteiger partial charge in [-0.25, -0.2) is 13.6 Å². The van der Waals surface area contributed by atoms with Gasteiger partial charge in [0.1, 0.15) is 6.61 Å². The van der Waals surface area contributed by atoms with Crippen molar-refractivity contribution >= 4 is 38.4 Å². The maximum Gasteiger partial charge on any atom is 0.238 e. The maximum absolute atomic E-state index is 11.4. The summed E-state index contributed by atoms with van der Waals surface area (Å²) in [6.07, 6.45) is 0.766. The summed E-state index contributed by atoms with van der Waals surface area (Å²) >= 11 is 3.63. The highest BCUT2D eigenvalue weighted by Gasteiger charge is 2.13. The fourth-order valence-corrected chi connectivity index (χ4v) is 4.40. The van der Waals surface area contributed by atoms with Crippen LogP contribution in [0.25, 0.3) is 0 Å². The fourth-order valence-electron chi connectivity index (χ4n) is 3.28. The molecule has 0 aliphatic rings. The number of hydrogen-bond donors (Lipinski definition) is 2. The summed E-state index contributed by atoms with van der Waals surface area (Å²) in [5, 5.41) is 8.55. The van der Waals surface area contributed by atoms with E-state index in [1.807, 2.05) is 19.1 Å². The van der Waals surface area contributed by atoms with E-state index in [4.69, 9.17) is 14.6 Å². The standard InChI is InChI=1S/C25H29BrN2O4S.ClH/c1-3-31-24-15-21(14-23(26)25(24)32-17-20-6-4-18(2)5-7-20)16-28-13-12-19-8-10-22(11-9-19)33(27,29)30;/h4-11,14-15,28H,3,12-13,16-17H2,1-2H3,(H2,27,29,30);1H. The van der Waals surface area contributed by atoms with Gasteiger partial charge in [0, 0.05) is 6.54 Å². The van der Waals surface area contributed by atoms with Gasteiger partial charge < -0.3 is 14.8 Å². The summed E-state index contributed by atoms with van der Waals surface area (Å²) < 4.78 is 35.5. The van der Waals surface area contributed by atoms with Crippen LogP contribution in [0.2, 0.25) is 0 Å². The van der Waals surface area contributed by atoms with E-state index in [2.05, 4.69) is 52.4 Å². The number of primary sulfonamides is 1. The van der Waals surface area contributed by atoms with E-state index in [1.165, 1.54) is 17.7 Å². The number of nitrogens with one attached hydrogen (secondary N) is 1. The molecule has 184 valence electrons. The van der Waals surface area contributed by atoms with Crippen LogP contribution in [0.1, 0.15) is 29.2 Å². The Morgan fingerprint density at radius 3 is 2.21 bits per heavy atom. The molecule has 0 atom stereocenters. The molecule has 0 aliphatic heterocycles. The lowest BCUT2D eigenvalue weighted by Gasteiger charge is -2.16. The summed E-state index contributed by atoms with van der Waals surface area (Å²) in [4.78, 5) is 0.122. The largest absolute Gasteiger partial charge is 0.490 e. The molecule has 3 aromatic rings. The van der Waals surface area contributed by atoms with Gasteiger partial charge in [-0.3, -0.25) is 0 Å². The van der Waals surface area contributed by atoms with Gasteiger partial charge in [0.25, 0.3) is 0 Å². The number of halogens is 2. The maximum atomic E-state index is 11.4. The first-order chi connectivity index (χ1) is 15.8. The van der Waals surface area contributed by atoms with E-state index in [-0.39, 0.29) is 17.3 Å². The van der Waals surface area contributed by atoms with Crippen LogP contribution in [0.4, 0.5) is 0 Å².